The Morgan fingerprint density at radius 3 is 2.78 bits per heavy atom. The second-order valence-electron chi connectivity index (χ2n) is 7.90. The van der Waals surface area contributed by atoms with Gasteiger partial charge in [-0.05, 0) is 66.3 Å². The lowest BCUT2D eigenvalue weighted by Crippen LogP contribution is -2.39. The van der Waals surface area contributed by atoms with Crippen molar-refractivity contribution in [2.45, 2.75) is 38.3 Å². The molecule has 0 spiro atoms. The number of rotatable bonds is 5. The number of ether oxygens (including phenoxy) is 1. The highest BCUT2D eigenvalue weighted by Crippen LogP contribution is 2.44. The summed E-state index contributed by atoms with van der Waals surface area (Å²) >= 11 is 1.69. The second-order valence-corrected chi connectivity index (χ2v) is 8.79. The van der Waals surface area contributed by atoms with Crippen LogP contribution in [0.2, 0.25) is 0 Å². The first-order chi connectivity index (χ1) is 13.2. The number of fused-ring (bicyclic) bond motifs is 3. The van der Waals surface area contributed by atoms with E-state index in [2.05, 4.69) is 33.5 Å². The molecule has 0 aliphatic heterocycles. The molecule has 1 amide bonds. The summed E-state index contributed by atoms with van der Waals surface area (Å²) in [7, 11) is 1.67. The third-order valence-corrected chi connectivity index (χ3v) is 7.24. The molecule has 2 heterocycles. The van der Waals surface area contributed by atoms with Gasteiger partial charge in [0.05, 0.1) is 7.11 Å². The molecule has 3 aromatic rings. The van der Waals surface area contributed by atoms with E-state index < -0.39 is 0 Å². The van der Waals surface area contributed by atoms with Crippen LogP contribution < -0.4 is 10.1 Å². The van der Waals surface area contributed by atoms with E-state index in [1.807, 2.05) is 18.2 Å². The summed E-state index contributed by atoms with van der Waals surface area (Å²) in [5.74, 6) is 2.44. The van der Waals surface area contributed by atoms with Gasteiger partial charge < -0.3 is 14.6 Å². The molecule has 4 nitrogen and oxygen atoms in total. The number of nitrogens with zero attached hydrogens (tertiary/aromatic N) is 1. The third kappa shape index (κ3) is 3.04. The van der Waals surface area contributed by atoms with Gasteiger partial charge in [0.1, 0.15) is 16.3 Å². The van der Waals surface area contributed by atoms with E-state index in [0.717, 1.165) is 39.6 Å². The first-order valence-electron chi connectivity index (χ1n) is 9.72. The van der Waals surface area contributed by atoms with Crippen LogP contribution in [0.25, 0.3) is 10.2 Å². The molecule has 2 aliphatic rings. The lowest BCUT2D eigenvalue weighted by atomic mass is 9.95. The summed E-state index contributed by atoms with van der Waals surface area (Å²) in [6.45, 7) is 0.688. The molecule has 1 aromatic carbocycles. The fourth-order valence-corrected chi connectivity index (χ4v) is 5.79. The zero-order valence-corrected chi connectivity index (χ0v) is 16.3. The van der Waals surface area contributed by atoms with Gasteiger partial charge in [-0.15, -0.1) is 11.3 Å². The quantitative estimate of drug-likeness (QED) is 0.698. The van der Waals surface area contributed by atoms with Gasteiger partial charge in [0.15, 0.2) is 0 Å². The second kappa shape index (κ2) is 6.71. The van der Waals surface area contributed by atoms with Crippen molar-refractivity contribution in [3.05, 3.63) is 53.0 Å². The first-order valence-corrected chi connectivity index (χ1v) is 10.6. The van der Waals surface area contributed by atoms with Crippen molar-refractivity contribution in [2.75, 3.05) is 7.11 Å². The summed E-state index contributed by atoms with van der Waals surface area (Å²) in [6.07, 6.45) is 5.08. The van der Waals surface area contributed by atoms with Gasteiger partial charge in [0.2, 0.25) is 0 Å². The van der Waals surface area contributed by atoms with Crippen LogP contribution in [0.15, 0.2) is 41.8 Å². The lowest BCUT2D eigenvalue weighted by Gasteiger charge is -2.23. The minimum Gasteiger partial charge on any atom is -0.497 e. The topological polar surface area (TPSA) is 43.3 Å². The van der Waals surface area contributed by atoms with Crippen LogP contribution in [0.1, 0.15) is 41.7 Å². The van der Waals surface area contributed by atoms with Crippen LogP contribution in [-0.2, 0) is 6.54 Å². The molecule has 5 heteroatoms. The molecular weight excluding hydrogens is 356 g/mol. The average Bonchev–Trinajstić information content (AvgIpc) is 3.44. The van der Waals surface area contributed by atoms with Crippen molar-refractivity contribution in [2.24, 2.45) is 11.8 Å². The monoisotopic (exact) mass is 380 g/mol. The number of methoxy groups -OCH3 is 1. The summed E-state index contributed by atoms with van der Waals surface area (Å²) < 4.78 is 7.41. The summed E-state index contributed by atoms with van der Waals surface area (Å²) in [5.41, 5.74) is 1.94. The van der Waals surface area contributed by atoms with Crippen LogP contribution in [-0.4, -0.2) is 23.6 Å². The van der Waals surface area contributed by atoms with Crippen molar-refractivity contribution < 1.29 is 9.53 Å². The van der Waals surface area contributed by atoms with Gasteiger partial charge in [0.25, 0.3) is 5.91 Å². The van der Waals surface area contributed by atoms with E-state index in [1.165, 1.54) is 19.3 Å². The molecule has 5 rings (SSSR count). The third-order valence-electron chi connectivity index (χ3n) is 6.29. The molecule has 0 saturated heterocycles. The highest BCUT2D eigenvalue weighted by Gasteiger charge is 2.40. The number of hydrogen-bond donors (Lipinski definition) is 1. The molecule has 2 aromatic heterocycles. The standard InChI is InChI=1S/C22H24N2O2S/c1-26-18-6-3-14(4-7-18)13-24-20(12-17-8-9-27-22(17)24)21(25)23-19-11-15-2-5-16(19)10-15/h3-4,6-9,12,15-16,19H,2,5,10-11,13H2,1H3,(H,23,25)/t15-,16+,19-/m0/s1. The number of benzene rings is 1. The minimum atomic E-state index is 0.0736. The molecule has 2 aliphatic carbocycles. The van der Waals surface area contributed by atoms with Gasteiger partial charge >= 0.3 is 0 Å². The Morgan fingerprint density at radius 2 is 2.07 bits per heavy atom. The molecular formula is C22H24N2O2S. The molecule has 2 bridgehead atoms. The number of carbonyl (C=O) groups is 1. The fraction of sp³-hybridized carbons (Fsp3) is 0.409. The average molecular weight is 381 g/mol. The van der Waals surface area contributed by atoms with Crippen molar-refractivity contribution >= 4 is 27.5 Å². The molecule has 0 unspecified atom stereocenters. The highest BCUT2D eigenvalue weighted by atomic mass is 32.1. The number of hydrogen-bond acceptors (Lipinski definition) is 3. The molecule has 27 heavy (non-hydrogen) atoms. The van der Waals surface area contributed by atoms with Crippen LogP contribution >= 0.6 is 11.3 Å². The molecule has 140 valence electrons. The number of nitrogens with one attached hydrogen (secondary N) is 1. The summed E-state index contributed by atoms with van der Waals surface area (Å²) in [4.78, 5) is 14.3. The van der Waals surface area contributed by atoms with E-state index in [-0.39, 0.29) is 5.91 Å². The van der Waals surface area contributed by atoms with Gasteiger partial charge in [-0.3, -0.25) is 4.79 Å². The Hall–Kier alpha value is -2.27. The van der Waals surface area contributed by atoms with Crippen molar-refractivity contribution in [1.29, 1.82) is 0 Å². The highest BCUT2D eigenvalue weighted by molar-refractivity contribution is 7.16. The number of thiophene rings is 1. The van der Waals surface area contributed by atoms with E-state index in [1.54, 1.807) is 18.4 Å². The van der Waals surface area contributed by atoms with E-state index in [0.29, 0.717) is 18.5 Å². The van der Waals surface area contributed by atoms with E-state index in [4.69, 9.17) is 4.74 Å². The SMILES string of the molecule is COc1ccc(Cn2c(C(=O)N[C@H]3C[C@H]4CC[C@@H]3C4)cc3ccsc32)cc1. The summed E-state index contributed by atoms with van der Waals surface area (Å²) in [5, 5.41) is 6.58. The van der Waals surface area contributed by atoms with Gasteiger partial charge in [-0.1, -0.05) is 18.6 Å². The number of amides is 1. The predicted molar refractivity (Wildman–Crippen MR) is 109 cm³/mol. The van der Waals surface area contributed by atoms with Crippen LogP contribution in [0.4, 0.5) is 0 Å². The number of aromatic nitrogens is 1. The van der Waals surface area contributed by atoms with Crippen LogP contribution in [0.5, 0.6) is 5.75 Å². The smallest absolute Gasteiger partial charge is 0.268 e. The normalized spacial score (nSPS) is 23.8. The van der Waals surface area contributed by atoms with E-state index >= 15 is 0 Å². The fourth-order valence-electron chi connectivity index (χ4n) is 4.90. The molecule has 2 saturated carbocycles. The maximum Gasteiger partial charge on any atom is 0.268 e. The van der Waals surface area contributed by atoms with Crippen molar-refractivity contribution in [3.63, 3.8) is 0 Å². The zero-order chi connectivity index (χ0) is 18.4. The van der Waals surface area contributed by atoms with Crippen LogP contribution in [0, 0.1) is 11.8 Å². The van der Waals surface area contributed by atoms with Crippen molar-refractivity contribution in [3.8, 4) is 5.75 Å². The Labute approximate surface area is 163 Å². The van der Waals surface area contributed by atoms with E-state index in [9.17, 15) is 4.79 Å². The predicted octanol–water partition coefficient (Wildman–Crippen LogP) is 4.68. The summed E-state index contributed by atoms with van der Waals surface area (Å²) in [6, 6.07) is 12.6. The molecule has 1 N–H and O–H groups in total. The maximum absolute atomic E-state index is 13.1. The van der Waals surface area contributed by atoms with Gasteiger partial charge in [0, 0.05) is 18.0 Å². The first kappa shape index (κ1) is 16.9. The van der Waals surface area contributed by atoms with Gasteiger partial charge in [-0.25, -0.2) is 0 Å². The van der Waals surface area contributed by atoms with Crippen molar-refractivity contribution in [1.82, 2.24) is 9.88 Å². The largest absolute Gasteiger partial charge is 0.497 e. The Balaban J connectivity index is 1.42. The zero-order valence-electron chi connectivity index (χ0n) is 15.5. The Morgan fingerprint density at radius 1 is 1.22 bits per heavy atom. The minimum absolute atomic E-state index is 0.0736. The van der Waals surface area contributed by atoms with Crippen LogP contribution in [0.3, 0.4) is 0 Å². The number of carbonyl (C=O) groups excluding carboxylic acids is 1. The Bertz CT molecular complexity index is 972. The molecule has 0 radical (unpaired) electrons. The Kier molecular flexibility index (Phi) is 4.20. The van der Waals surface area contributed by atoms with Gasteiger partial charge in [-0.2, -0.15) is 0 Å². The lowest BCUT2D eigenvalue weighted by molar-refractivity contribution is 0.0914. The molecule has 3 atom stereocenters. The maximum atomic E-state index is 13.1. The molecule has 2 fully saturated rings.